The first-order chi connectivity index (χ1) is 17.9. The molecule has 0 spiro atoms. The second-order valence-corrected chi connectivity index (χ2v) is 11.2. The van der Waals surface area contributed by atoms with E-state index in [0.717, 1.165) is 12.1 Å². The van der Waals surface area contributed by atoms with Crippen molar-refractivity contribution in [3.8, 4) is 22.4 Å². The molecule has 0 N–H and O–H groups in total. The van der Waals surface area contributed by atoms with Gasteiger partial charge in [-0.15, -0.1) is 0 Å². The van der Waals surface area contributed by atoms with Gasteiger partial charge in [0.25, 0.3) is 0 Å². The highest BCUT2D eigenvalue weighted by Gasteiger charge is 2.36. The molecule has 4 aromatic carbocycles. The highest BCUT2D eigenvalue weighted by Crippen LogP contribution is 2.51. The van der Waals surface area contributed by atoms with E-state index >= 15 is 0 Å². The Labute approximate surface area is 220 Å². The smallest absolute Gasteiger partial charge is 0.0780 e. The Balaban J connectivity index is 1.58. The minimum Gasteiger partial charge on any atom is -0.256 e. The van der Waals surface area contributed by atoms with E-state index < -0.39 is 0 Å². The second kappa shape index (κ2) is 9.16. The van der Waals surface area contributed by atoms with E-state index in [9.17, 15) is 0 Å². The van der Waals surface area contributed by atoms with Gasteiger partial charge in [0.1, 0.15) is 0 Å². The lowest BCUT2D eigenvalue weighted by Gasteiger charge is -2.28. The van der Waals surface area contributed by atoms with Crippen molar-refractivity contribution in [2.75, 3.05) is 0 Å². The fraction of sp³-hybridized carbons (Fsp3) is 0.194. The predicted molar refractivity (Wildman–Crippen MR) is 158 cm³/mol. The van der Waals surface area contributed by atoms with E-state index in [1.165, 1.54) is 55.3 Å². The topological polar surface area (TPSA) is 12.9 Å². The van der Waals surface area contributed by atoms with Gasteiger partial charge in [0, 0.05) is 22.6 Å². The number of rotatable bonds is 5. The summed E-state index contributed by atoms with van der Waals surface area (Å²) >= 11 is 0. The van der Waals surface area contributed by atoms with Crippen LogP contribution in [0.1, 0.15) is 49.9 Å². The Morgan fingerprint density at radius 3 is 2.14 bits per heavy atom. The van der Waals surface area contributed by atoms with Crippen LogP contribution in [0.3, 0.4) is 0 Å². The molecule has 1 aromatic heterocycles. The third-order valence-electron chi connectivity index (χ3n) is 7.68. The van der Waals surface area contributed by atoms with Crippen LogP contribution in [0.2, 0.25) is 0 Å². The van der Waals surface area contributed by atoms with Crippen LogP contribution in [0.5, 0.6) is 0 Å². The summed E-state index contributed by atoms with van der Waals surface area (Å²) in [6.45, 7) is 9.26. The summed E-state index contributed by atoms with van der Waals surface area (Å²) in [5.74, 6) is 0.637. The Hall–Kier alpha value is -3.97. The zero-order valence-electron chi connectivity index (χ0n) is 22.1. The molecule has 1 heterocycles. The van der Waals surface area contributed by atoms with Crippen LogP contribution in [0.4, 0.5) is 0 Å². The Morgan fingerprint density at radius 2 is 1.43 bits per heavy atom. The van der Waals surface area contributed by atoms with Crippen molar-refractivity contribution in [2.24, 2.45) is 5.92 Å². The molecule has 1 aliphatic carbocycles. The quantitative estimate of drug-likeness (QED) is 0.244. The third kappa shape index (κ3) is 4.19. The van der Waals surface area contributed by atoms with Crippen molar-refractivity contribution in [1.82, 2.24) is 4.98 Å². The van der Waals surface area contributed by atoms with E-state index in [-0.39, 0.29) is 5.41 Å². The molecular weight excluding hydrogens is 446 g/mol. The number of nitrogens with zero attached hydrogens (tertiary/aromatic N) is 1. The number of hydrogen-bond donors (Lipinski definition) is 0. The van der Waals surface area contributed by atoms with Crippen LogP contribution in [0.15, 0.2) is 103 Å². The van der Waals surface area contributed by atoms with Crippen LogP contribution in [0.25, 0.3) is 44.8 Å². The van der Waals surface area contributed by atoms with Crippen LogP contribution in [-0.2, 0) is 11.8 Å². The number of fused-ring (bicyclic) bond motifs is 2. The molecule has 0 unspecified atom stereocenters. The van der Waals surface area contributed by atoms with E-state index in [4.69, 9.17) is 4.98 Å². The number of pyridine rings is 1. The van der Waals surface area contributed by atoms with Gasteiger partial charge in [-0.2, -0.15) is 0 Å². The second-order valence-electron chi connectivity index (χ2n) is 11.2. The first-order valence-electron chi connectivity index (χ1n) is 13.3. The molecule has 37 heavy (non-hydrogen) atoms. The van der Waals surface area contributed by atoms with Crippen LogP contribution in [0, 0.1) is 5.92 Å². The van der Waals surface area contributed by atoms with Crippen molar-refractivity contribution in [3.63, 3.8) is 0 Å². The maximum atomic E-state index is 4.92. The van der Waals surface area contributed by atoms with Gasteiger partial charge in [-0.05, 0) is 81.0 Å². The molecule has 0 bridgehead atoms. The Morgan fingerprint density at radius 1 is 0.730 bits per heavy atom. The van der Waals surface area contributed by atoms with Crippen LogP contribution in [-0.4, -0.2) is 4.98 Å². The van der Waals surface area contributed by atoms with E-state index in [1.807, 2.05) is 6.20 Å². The fourth-order valence-corrected chi connectivity index (χ4v) is 6.05. The molecule has 0 amide bonds. The summed E-state index contributed by atoms with van der Waals surface area (Å²) in [5, 5.41) is 2.46. The monoisotopic (exact) mass is 479 g/mol. The average Bonchev–Trinajstić information content (AvgIpc) is 3.18. The van der Waals surface area contributed by atoms with Gasteiger partial charge >= 0.3 is 0 Å². The minimum absolute atomic E-state index is 0.113. The van der Waals surface area contributed by atoms with E-state index in [0.29, 0.717) is 5.92 Å². The lowest BCUT2D eigenvalue weighted by Crippen LogP contribution is -2.17. The molecule has 1 aliphatic rings. The lowest BCUT2D eigenvalue weighted by molar-refractivity contribution is 0.648. The normalized spacial score (nSPS) is 14.1. The Bertz CT molecular complexity index is 1620. The van der Waals surface area contributed by atoms with Gasteiger partial charge in [-0.25, -0.2) is 0 Å². The number of hydrogen-bond acceptors (Lipinski definition) is 1. The van der Waals surface area contributed by atoms with Crippen molar-refractivity contribution >= 4 is 22.4 Å². The number of allylic oxidation sites excluding steroid dienone is 1. The molecule has 5 aromatic rings. The average molecular weight is 480 g/mol. The number of aromatic nitrogens is 1. The summed E-state index contributed by atoms with van der Waals surface area (Å²) < 4.78 is 0. The summed E-state index contributed by atoms with van der Waals surface area (Å²) in [4.78, 5) is 4.92. The molecule has 0 aliphatic heterocycles. The molecule has 182 valence electrons. The van der Waals surface area contributed by atoms with Crippen molar-refractivity contribution < 1.29 is 0 Å². The predicted octanol–water partition coefficient (Wildman–Crippen LogP) is 9.60. The van der Waals surface area contributed by atoms with Crippen LogP contribution < -0.4 is 0 Å². The molecule has 0 fully saturated rings. The molecule has 1 nitrogen and oxygen atoms in total. The molecule has 0 saturated carbocycles. The van der Waals surface area contributed by atoms with Gasteiger partial charge in [-0.3, -0.25) is 4.98 Å². The summed E-state index contributed by atoms with van der Waals surface area (Å²) in [6.07, 6.45) is 5.45. The van der Waals surface area contributed by atoms with Crippen molar-refractivity contribution in [2.45, 2.75) is 39.5 Å². The maximum absolute atomic E-state index is 4.92. The van der Waals surface area contributed by atoms with Crippen LogP contribution >= 0.6 is 0 Å². The first-order valence-corrected chi connectivity index (χ1v) is 13.3. The first kappa shape index (κ1) is 23.4. The zero-order valence-corrected chi connectivity index (χ0v) is 22.1. The highest BCUT2D eigenvalue weighted by molar-refractivity contribution is 6.01. The lowest BCUT2D eigenvalue weighted by atomic mass is 9.75. The third-order valence-corrected chi connectivity index (χ3v) is 7.68. The maximum Gasteiger partial charge on any atom is 0.0780 e. The standard InChI is InChI=1S/C36H33N/c1-24(2)19-25-15-16-31-28(20-25)17-18-37-35(31)30-21-29-23-33(27-13-9-6-10-14-27)36(3,4)34(29)32(22-30)26-11-7-5-8-12-26/h5-18,20-24H,19H2,1-4H3. The molecule has 6 rings (SSSR count). The fourth-order valence-electron chi connectivity index (χ4n) is 6.05. The number of benzene rings is 4. The van der Waals surface area contributed by atoms with Gasteiger partial charge < -0.3 is 0 Å². The summed E-state index contributed by atoms with van der Waals surface area (Å²) in [7, 11) is 0. The molecule has 1 heteroatoms. The molecular formula is C36H33N. The van der Waals surface area contributed by atoms with Crippen molar-refractivity contribution in [1.29, 1.82) is 0 Å². The van der Waals surface area contributed by atoms with Gasteiger partial charge in [0.05, 0.1) is 5.69 Å². The molecule has 0 radical (unpaired) electrons. The van der Waals surface area contributed by atoms with E-state index in [1.54, 1.807) is 0 Å². The summed E-state index contributed by atoms with van der Waals surface area (Å²) in [5.41, 5.74) is 11.3. The molecule has 0 atom stereocenters. The van der Waals surface area contributed by atoms with Gasteiger partial charge in [0.15, 0.2) is 0 Å². The largest absolute Gasteiger partial charge is 0.256 e. The molecule has 0 saturated heterocycles. The summed E-state index contributed by atoms with van der Waals surface area (Å²) in [6, 6.07) is 35.3. The highest BCUT2D eigenvalue weighted by atomic mass is 14.7. The van der Waals surface area contributed by atoms with Crippen molar-refractivity contribution in [3.05, 3.63) is 126 Å². The van der Waals surface area contributed by atoms with Gasteiger partial charge in [0.2, 0.25) is 0 Å². The van der Waals surface area contributed by atoms with E-state index in [2.05, 4.69) is 131 Å². The SMILES string of the molecule is CC(C)Cc1ccc2c(-c3cc4c(c(-c5ccccc5)c3)C(C)(C)C(c3ccccc3)=C4)nccc2c1. The van der Waals surface area contributed by atoms with Gasteiger partial charge in [-0.1, -0.05) is 107 Å². The zero-order chi connectivity index (χ0) is 25.6. The minimum atomic E-state index is -0.113. The Kier molecular flexibility index (Phi) is 5.80.